The maximum absolute atomic E-state index is 12.9. The topological polar surface area (TPSA) is 51.1 Å². The monoisotopic (exact) mass is 445 g/mol. The van der Waals surface area contributed by atoms with Crippen molar-refractivity contribution in [2.24, 2.45) is 0 Å². The van der Waals surface area contributed by atoms with Crippen molar-refractivity contribution in [3.8, 4) is 5.69 Å². The summed E-state index contributed by atoms with van der Waals surface area (Å²) in [7, 11) is 1.31. The fraction of sp³-hybridized carbons (Fsp3) is 0.0909. The Morgan fingerprint density at radius 3 is 2.45 bits per heavy atom. The van der Waals surface area contributed by atoms with E-state index in [0.29, 0.717) is 16.9 Å². The number of benzene rings is 2. The van der Waals surface area contributed by atoms with Crippen molar-refractivity contribution in [1.29, 1.82) is 0 Å². The summed E-state index contributed by atoms with van der Waals surface area (Å²) < 4.78 is 46.9. The number of rotatable bonds is 2. The number of nitrogens with one attached hydrogen (secondary N) is 1. The molecular weight excluding hydrogens is 431 g/mol. The Morgan fingerprint density at radius 2 is 1.77 bits per heavy atom. The normalized spacial score (nSPS) is 11.7. The van der Waals surface area contributed by atoms with Gasteiger partial charge in [-0.2, -0.15) is 17.6 Å². The molecule has 0 spiro atoms. The number of nitrogens with zero attached hydrogens (tertiary/aromatic N) is 2. The third-order valence-electron chi connectivity index (χ3n) is 5.19. The molecule has 0 aliphatic rings. The van der Waals surface area contributed by atoms with E-state index >= 15 is 0 Å². The highest BCUT2D eigenvalue weighted by Crippen LogP contribution is 2.31. The number of ether oxygens (including phenoxy) is 1. The lowest BCUT2D eigenvalue weighted by Gasteiger charge is -2.05. The molecule has 0 aliphatic carbocycles. The van der Waals surface area contributed by atoms with E-state index < -0.39 is 17.7 Å². The van der Waals surface area contributed by atoms with E-state index in [-0.39, 0.29) is 12.4 Å². The second kappa shape index (κ2) is 7.31. The summed E-state index contributed by atoms with van der Waals surface area (Å²) in [5, 5.41) is 1.82. The molecule has 5 aromatic rings. The van der Waals surface area contributed by atoms with E-state index in [4.69, 9.17) is 4.74 Å². The Labute approximate surface area is 180 Å². The zero-order valence-electron chi connectivity index (χ0n) is 16.1. The molecule has 0 fully saturated rings. The maximum atomic E-state index is 12.9. The van der Waals surface area contributed by atoms with Crippen LogP contribution in [0.1, 0.15) is 16.1 Å². The highest BCUT2D eigenvalue weighted by molar-refractivity contribution is 6.12. The van der Waals surface area contributed by atoms with Gasteiger partial charge in [-0.3, -0.25) is 0 Å². The fourth-order valence-corrected chi connectivity index (χ4v) is 3.74. The Morgan fingerprint density at radius 1 is 1.06 bits per heavy atom. The van der Waals surface area contributed by atoms with E-state index in [1.165, 1.54) is 19.2 Å². The number of para-hydroxylation sites is 1. The molecule has 0 saturated heterocycles. The fourth-order valence-electron chi connectivity index (χ4n) is 3.74. The number of hydrogen-bond donors (Lipinski definition) is 1. The number of carbonyl (C=O) groups is 1. The van der Waals surface area contributed by atoms with Crippen LogP contribution in [0.2, 0.25) is 0 Å². The van der Waals surface area contributed by atoms with Crippen LogP contribution in [0.25, 0.3) is 33.0 Å². The lowest BCUT2D eigenvalue weighted by atomic mass is 10.1. The molecule has 1 N–H and O–H groups in total. The van der Waals surface area contributed by atoms with E-state index in [1.54, 1.807) is 27.6 Å². The molecule has 0 bridgehead atoms. The van der Waals surface area contributed by atoms with Gasteiger partial charge in [-0.25, -0.2) is 9.36 Å². The van der Waals surface area contributed by atoms with Crippen molar-refractivity contribution in [3.63, 3.8) is 0 Å². The molecule has 0 saturated carbocycles. The number of halogens is 4. The summed E-state index contributed by atoms with van der Waals surface area (Å²) in [6.07, 6.45) is -0.981. The van der Waals surface area contributed by atoms with Gasteiger partial charge in [0.05, 0.1) is 18.2 Å². The number of esters is 1. The molecule has 5 nitrogen and oxygen atoms in total. The third kappa shape index (κ3) is 3.29. The van der Waals surface area contributed by atoms with Crippen molar-refractivity contribution in [3.05, 3.63) is 78.4 Å². The van der Waals surface area contributed by atoms with E-state index in [0.717, 1.165) is 33.9 Å². The second-order valence-corrected chi connectivity index (χ2v) is 6.93. The van der Waals surface area contributed by atoms with Crippen LogP contribution in [-0.2, 0) is 10.9 Å². The minimum atomic E-state index is -4.40. The first-order valence-electron chi connectivity index (χ1n) is 9.09. The third-order valence-corrected chi connectivity index (χ3v) is 5.19. The molecule has 0 radical (unpaired) electrons. The van der Waals surface area contributed by atoms with Crippen molar-refractivity contribution in [1.82, 2.24) is 9.55 Å². The smallest absolute Gasteiger partial charge is 0.416 e. The van der Waals surface area contributed by atoms with Gasteiger partial charge in [0, 0.05) is 22.4 Å². The molecule has 31 heavy (non-hydrogen) atoms. The van der Waals surface area contributed by atoms with Crippen LogP contribution in [-0.4, -0.2) is 22.6 Å². The molecule has 0 amide bonds. The summed E-state index contributed by atoms with van der Waals surface area (Å²) in [6, 6.07) is 14.3. The number of fused-ring (bicyclic) bond motifs is 5. The van der Waals surface area contributed by atoms with Crippen molar-refractivity contribution >= 4 is 33.3 Å². The second-order valence-electron chi connectivity index (χ2n) is 6.93. The minimum absolute atomic E-state index is 0. The van der Waals surface area contributed by atoms with E-state index in [1.807, 2.05) is 24.3 Å². The number of pyridine rings is 1. The van der Waals surface area contributed by atoms with E-state index in [9.17, 15) is 18.0 Å². The predicted octanol–water partition coefficient (Wildman–Crippen LogP) is 1.66. The van der Waals surface area contributed by atoms with Crippen LogP contribution in [0.4, 0.5) is 13.2 Å². The zero-order chi connectivity index (χ0) is 21.0. The molecule has 0 aliphatic heterocycles. The first-order chi connectivity index (χ1) is 14.4. The number of carbonyl (C=O) groups excluding carboxylic acids is 1. The maximum Gasteiger partial charge on any atom is 0.416 e. The lowest BCUT2D eigenvalue weighted by Crippen LogP contribution is -3.00. The Balaban J connectivity index is 0.00000231. The summed E-state index contributed by atoms with van der Waals surface area (Å²) in [5.74, 6) is -0.512. The Kier molecular flexibility index (Phi) is 4.89. The van der Waals surface area contributed by atoms with Gasteiger partial charge in [0.25, 0.3) is 6.33 Å². The van der Waals surface area contributed by atoms with Gasteiger partial charge in [0.15, 0.2) is 5.52 Å². The molecule has 0 unspecified atom stereocenters. The van der Waals surface area contributed by atoms with Gasteiger partial charge in [0.1, 0.15) is 11.9 Å². The van der Waals surface area contributed by atoms with Gasteiger partial charge in [0.2, 0.25) is 5.69 Å². The number of methoxy groups -OCH3 is 1. The Bertz CT molecular complexity index is 1440. The standard InChI is InChI=1S/C22H14F3N3O2.ClH/c1-30-21(29)18-10-16-15-4-2-3-5-17(15)26-20(16)19-11-27(12-28(18)19)14-8-6-13(7-9-14)22(23,24)25;/h2-12H,1H3;1H. The lowest BCUT2D eigenvalue weighted by molar-refractivity contribution is -0.514. The highest BCUT2D eigenvalue weighted by atomic mass is 35.5. The molecule has 0 atom stereocenters. The molecule has 5 rings (SSSR count). The summed E-state index contributed by atoms with van der Waals surface area (Å²) >= 11 is 0. The van der Waals surface area contributed by atoms with Gasteiger partial charge in [-0.15, -0.1) is 0 Å². The number of hydrogen-bond acceptors (Lipinski definition) is 2. The average molecular weight is 446 g/mol. The predicted molar refractivity (Wildman–Crippen MR) is 105 cm³/mol. The van der Waals surface area contributed by atoms with Crippen LogP contribution in [0.15, 0.2) is 67.1 Å². The SMILES string of the molecule is COC(=O)c1cc2c3ccccc3[nH]c2c2cn(-c3ccc(C(F)(F)F)cc3)c[n+]12.[Cl-]. The minimum Gasteiger partial charge on any atom is -1.00 e. The van der Waals surface area contributed by atoms with E-state index in [2.05, 4.69) is 4.98 Å². The molecular formula is C22H15ClF3N3O2. The van der Waals surface area contributed by atoms with Gasteiger partial charge < -0.3 is 22.1 Å². The van der Waals surface area contributed by atoms with Crippen molar-refractivity contribution in [2.45, 2.75) is 6.18 Å². The van der Waals surface area contributed by atoms with Gasteiger partial charge in [-0.05, 0) is 30.3 Å². The van der Waals surface area contributed by atoms with Crippen molar-refractivity contribution in [2.75, 3.05) is 7.11 Å². The quantitative estimate of drug-likeness (QED) is 0.332. The van der Waals surface area contributed by atoms with Crippen LogP contribution >= 0.6 is 0 Å². The summed E-state index contributed by atoms with van der Waals surface area (Å²) in [6.45, 7) is 0. The molecule has 9 heteroatoms. The van der Waals surface area contributed by atoms with Crippen LogP contribution in [0.5, 0.6) is 0 Å². The number of aromatic amines is 1. The molecule has 2 aromatic carbocycles. The summed E-state index contributed by atoms with van der Waals surface area (Å²) in [4.78, 5) is 15.8. The first-order valence-corrected chi connectivity index (χ1v) is 9.09. The highest BCUT2D eigenvalue weighted by Gasteiger charge is 2.30. The molecule has 158 valence electrons. The number of imidazole rings is 1. The van der Waals surface area contributed by atoms with Crippen LogP contribution in [0, 0.1) is 0 Å². The largest absolute Gasteiger partial charge is 1.00 e. The number of alkyl halides is 3. The molecule has 3 heterocycles. The van der Waals surface area contributed by atoms with Crippen LogP contribution < -0.4 is 16.8 Å². The van der Waals surface area contributed by atoms with Crippen molar-refractivity contribution < 1.29 is 39.5 Å². The summed E-state index contributed by atoms with van der Waals surface area (Å²) in [5.41, 5.74) is 2.56. The Hall–Kier alpha value is -3.52. The number of aromatic nitrogens is 3. The van der Waals surface area contributed by atoms with Gasteiger partial charge in [-0.1, -0.05) is 18.2 Å². The molecule has 3 aromatic heterocycles. The zero-order valence-corrected chi connectivity index (χ0v) is 16.8. The average Bonchev–Trinajstić information content (AvgIpc) is 3.34. The number of H-pyrrole nitrogens is 1. The first kappa shape index (κ1) is 20.7. The van der Waals surface area contributed by atoms with Crippen LogP contribution in [0.3, 0.4) is 0 Å². The van der Waals surface area contributed by atoms with Gasteiger partial charge >= 0.3 is 12.1 Å².